The molecule has 0 saturated carbocycles. The largest absolute Gasteiger partial charge is 0.534 e. The second kappa shape index (κ2) is 22.9. The van der Waals surface area contributed by atoms with Crippen molar-refractivity contribution in [2.75, 3.05) is 0 Å². The molecule has 9 heteroatoms. The van der Waals surface area contributed by atoms with E-state index in [1.54, 1.807) is 0 Å². The predicted molar refractivity (Wildman–Crippen MR) is 275 cm³/mol. The van der Waals surface area contributed by atoms with Gasteiger partial charge in [0.1, 0.15) is 5.75 Å². The SMILES string of the molecule is C=C(C/C=C\C=C/C(C)c1cc(CC/C=C\C=C/CC(=C)c2cnc(-c3ccccc3)cc2C2=C/C=C\CC/C=C\2)cc(OS(=O)(=O)C(F)(F)F)c1)c1ccc(-c2ccc3ccccc3n2)cc1. The lowest BCUT2D eigenvalue weighted by atomic mass is 9.92. The molecule has 0 N–H and O–H groups in total. The fourth-order valence-corrected chi connectivity index (χ4v) is 8.08. The number of para-hydroxylation sites is 1. The molecule has 0 amide bonds. The van der Waals surface area contributed by atoms with Crippen LogP contribution in [0.3, 0.4) is 0 Å². The molecule has 2 aromatic heterocycles. The summed E-state index contributed by atoms with van der Waals surface area (Å²) < 4.78 is 68.7. The van der Waals surface area contributed by atoms with E-state index in [0.717, 1.165) is 79.7 Å². The minimum atomic E-state index is -5.86. The molecule has 2 heterocycles. The zero-order valence-electron chi connectivity index (χ0n) is 37.9. The van der Waals surface area contributed by atoms with Gasteiger partial charge in [-0.05, 0) is 114 Å². The van der Waals surface area contributed by atoms with Gasteiger partial charge in [0.2, 0.25) is 0 Å². The molecule has 1 unspecified atom stereocenters. The zero-order valence-corrected chi connectivity index (χ0v) is 38.8. The van der Waals surface area contributed by atoms with Crippen molar-refractivity contribution in [2.24, 2.45) is 0 Å². The van der Waals surface area contributed by atoms with Crippen LogP contribution in [0.15, 0.2) is 214 Å². The smallest absolute Gasteiger partial charge is 0.376 e. The molecule has 6 aromatic rings. The Morgan fingerprint density at radius 1 is 0.765 bits per heavy atom. The molecule has 344 valence electrons. The first kappa shape index (κ1) is 48.6. The van der Waals surface area contributed by atoms with E-state index < -0.39 is 15.6 Å². The maximum absolute atomic E-state index is 13.4. The quantitative estimate of drug-likeness (QED) is 0.0488. The van der Waals surface area contributed by atoms with E-state index in [-0.39, 0.29) is 11.7 Å². The molecule has 1 aliphatic carbocycles. The Balaban J connectivity index is 0.965. The van der Waals surface area contributed by atoms with Crippen molar-refractivity contribution in [1.82, 2.24) is 9.97 Å². The fourth-order valence-electron chi connectivity index (χ4n) is 7.64. The number of alkyl halides is 3. The molecule has 4 aromatic carbocycles. The number of nitrogens with zero attached hydrogens (tertiary/aromatic N) is 2. The Bertz CT molecular complexity index is 3080. The summed E-state index contributed by atoms with van der Waals surface area (Å²) in [6.07, 6.45) is 32.2. The van der Waals surface area contributed by atoms with E-state index >= 15 is 0 Å². The molecule has 0 saturated heterocycles. The summed E-state index contributed by atoms with van der Waals surface area (Å²) in [4.78, 5) is 9.58. The lowest BCUT2D eigenvalue weighted by molar-refractivity contribution is -0.0500. The Morgan fingerprint density at radius 3 is 2.26 bits per heavy atom. The van der Waals surface area contributed by atoms with Gasteiger partial charge in [0.15, 0.2) is 0 Å². The number of pyridine rings is 2. The molecule has 68 heavy (non-hydrogen) atoms. The van der Waals surface area contributed by atoms with Crippen LogP contribution in [0.4, 0.5) is 13.2 Å². The first-order chi connectivity index (χ1) is 32.8. The maximum Gasteiger partial charge on any atom is 0.534 e. The van der Waals surface area contributed by atoms with Crippen LogP contribution < -0.4 is 4.18 Å². The van der Waals surface area contributed by atoms with Crippen molar-refractivity contribution in [1.29, 1.82) is 0 Å². The highest BCUT2D eigenvalue weighted by molar-refractivity contribution is 7.88. The molecule has 0 bridgehead atoms. The summed E-state index contributed by atoms with van der Waals surface area (Å²) in [6.45, 7) is 10.5. The van der Waals surface area contributed by atoms with Crippen LogP contribution in [0.1, 0.15) is 72.8 Å². The monoisotopic (exact) mass is 926 g/mol. The van der Waals surface area contributed by atoms with Gasteiger partial charge in [-0.15, -0.1) is 0 Å². The summed E-state index contributed by atoms with van der Waals surface area (Å²) in [5.41, 5.74) is 6.41. The number of aromatic nitrogens is 2. The van der Waals surface area contributed by atoms with Crippen molar-refractivity contribution in [2.45, 2.75) is 56.9 Å². The van der Waals surface area contributed by atoms with Crippen molar-refractivity contribution in [3.05, 3.63) is 241 Å². The summed E-state index contributed by atoms with van der Waals surface area (Å²) >= 11 is 0. The van der Waals surface area contributed by atoms with Gasteiger partial charge in [-0.3, -0.25) is 4.98 Å². The Labute approximate surface area is 398 Å². The molecule has 0 aliphatic heterocycles. The number of hydrogen-bond donors (Lipinski definition) is 0. The van der Waals surface area contributed by atoms with Crippen molar-refractivity contribution in [3.63, 3.8) is 0 Å². The number of hydrogen-bond acceptors (Lipinski definition) is 5. The normalized spacial score (nSPS) is 15.6. The van der Waals surface area contributed by atoms with E-state index in [2.05, 4.69) is 59.9 Å². The molecule has 5 nitrogen and oxygen atoms in total. The van der Waals surface area contributed by atoms with Gasteiger partial charge in [-0.2, -0.15) is 21.6 Å². The highest BCUT2D eigenvalue weighted by atomic mass is 32.2. The van der Waals surface area contributed by atoms with Gasteiger partial charge in [0.25, 0.3) is 0 Å². The molecule has 0 fully saturated rings. The minimum absolute atomic E-state index is 0.275. The van der Waals surface area contributed by atoms with Crippen LogP contribution in [0.2, 0.25) is 0 Å². The van der Waals surface area contributed by atoms with Gasteiger partial charge >= 0.3 is 15.6 Å². The molecule has 1 atom stereocenters. The van der Waals surface area contributed by atoms with E-state index in [1.807, 2.05) is 153 Å². The Hall–Kier alpha value is -7.36. The highest BCUT2D eigenvalue weighted by Gasteiger charge is 2.48. The van der Waals surface area contributed by atoms with E-state index in [1.165, 1.54) is 12.1 Å². The molecule has 0 spiro atoms. The van der Waals surface area contributed by atoms with Gasteiger partial charge in [-0.25, -0.2) is 4.98 Å². The molecular weight excluding hydrogens is 874 g/mol. The standard InChI is InChI=1S/C59H53F3N2O3S/c1-43(47-32-34-51(35-33-47)57-37-36-50-30-20-21-31-56(50)64-57)22-13-10-14-23-44(2)52-38-46(39-53(40-52)67-68(65,66)59(60,61)62)25-15-7-4-6-12-24-45(3)55-42-63-58(49-28-18-11-19-29-49)41-54(55)48-26-16-8-5-9-17-27-48/h4,6-8,10-14,16-21,23,26-42,44H,1,3,5,9,15,22,24-25H2,2H3/b7-4-,12-6-,13-10-,16-8-,23-14-,27-17-,48-26+. The van der Waals surface area contributed by atoms with Crippen LogP contribution in [0, 0.1) is 0 Å². The first-order valence-electron chi connectivity index (χ1n) is 22.6. The molecule has 7 rings (SSSR count). The average molecular weight is 927 g/mol. The highest BCUT2D eigenvalue weighted by Crippen LogP contribution is 2.33. The first-order valence-corrected chi connectivity index (χ1v) is 24.0. The Kier molecular flexibility index (Phi) is 16.4. The second-order valence-corrected chi connectivity index (χ2v) is 18.0. The molecule has 0 radical (unpaired) electrons. The summed E-state index contributed by atoms with van der Waals surface area (Å²) in [5.74, 6) is -0.665. The van der Waals surface area contributed by atoms with Crippen molar-refractivity contribution in [3.8, 4) is 28.3 Å². The van der Waals surface area contributed by atoms with Crippen LogP contribution in [-0.4, -0.2) is 23.9 Å². The van der Waals surface area contributed by atoms with Gasteiger partial charge < -0.3 is 4.18 Å². The number of fused-ring (bicyclic) bond motifs is 1. The molecule has 1 aliphatic rings. The minimum Gasteiger partial charge on any atom is -0.376 e. The van der Waals surface area contributed by atoms with Crippen molar-refractivity contribution < 1.29 is 25.8 Å². The summed E-state index contributed by atoms with van der Waals surface area (Å²) in [7, 11) is -5.86. The van der Waals surface area contributed by atoms with E-state index in [4.69, 9.17) is 9.97 Å². The number of rotatable bonds is 18. The van der Waals surface area contributed by atoms with E-state index in [9.17, 15) is 21.6 Å². The second-order valence-electron chi connectivity index (χ2n) is 16.5. The Morgan fingerprint density at radius 2 is 1.47 bits per heavy atom. The number of benzene rings is 4. The van der Waals surface area contributed by atoms with E-state index in [0.29, 0.717) is 36.8 Å². The third-order valence-electron chi connectivity index (χ3n) is 11.4. The average Bonchev–Trinajstić information content (AvgIpc) is 3.32. The van der Waals surface area contributed by atoms with Crippen LogP contribution in [0.25, 0.3) is 50.1 Å². The topological polar surface area (TPSA) is 69.2 Å². The predicted octanol–water partition coefficient (Wildman–Crippen LogP) is 15.9. The summed E-state index contributed by atoms with van der Waals surface area (Å²) in [6, 6.07) is 37.0. The number of halogens is 3. The lowest BCUT2D eigenvalue weighted by Crippen LogP contribution is -2.28. The van der Waals surface area contributed by atoms with Crippen molar-refractivity contribution >= 4 is 37.7 Å². The lowest BCUT2D eigenvalue weighted by Gasteiger charge is -2.14. The van der Waals surface area contributed by atoms with Crippen LogP contribution >= 0.6 is 0 Å². The summed E-state index contributed by atoms with van der Waals surface area (Å²) in [5, 5.41) is 1.09. The van der Waals surface area contributed by atoms with Crippen LogP contribution in [-0.2, 0) is 16.5 Å². The van der Waals surface area contributed by atoms with Gasteiger partial charge in [0.05, 0.1) is 16.9 Å². The number of aryl methyl sites for hydroxylation is 1. The number of allylic oxidation sites excluding steroid dienone is 16. The fraction of sp³-hybridized carbons (Fsp3) is 0.153. The van der Waals surface area contributed by atoms with Gasteiger partial charge in [0, 0.05) is 28.3 Å². The van der Waals surface area contributed by atoms with Crippen LogP contribution in [0.5, 0.6) is 5.75 Å². The third-order valence-corrected chi connectivity index (χ3v) is 12.4. The molecular formula is C59H53F3N2O3S. The zero-order chi connectivity index (χ0) is 47.9. The van der Waals surface area contributed by atoms with Gasteiger partial charge in [-0.1, -0.05) is 184 Å². The maximum atomic E-state index is 13.4. The third kappa shape index (κ3) is 13.2.